The summed E-state index contributed by atoms with van der Waals surface area (Å²) in [7, 11) is 1.58. The smallest absolute Gasteiger partial charge is 0.308 e. The fraction of sp³-hybridized carbons (Fsp3) is 0.214. The van der Waals surface area contributed by atoms with Crippen molar-refractivity contribution in [3.8, 4) is 0 Å². The predicted octanol–water partition coefficient (Wildman–Crippen LogP) is 1.54. The van der Waals surface area contributed by atoms with Gasteiger partial charge >= 0.3 is 5.69 Å². The van der Waals surface area contributed by atoms with Crippen molar-refractivity contribution in [2.24, 2.45) is 7.05 Å². The number of rotatable bonds is 2. The summed E-state index contributed by atoms with van der Waals surface area (Å²) in [6.07, 6.45) is 0. The third-order valence-corrected chi connectivity index (χ3v) is 4.03. The number of hydrogen-bond donors (Lipinski definition) is 1. The molecule has 2 heterocycles. The average Bonchev–Trinajstić information content (AvgIpc) is 2.77. The number of benzene rings is 1. The van der Waals surface area contributed by atoms with Gasteiger partial charge in [-0.25, -0.2) is 9.78 Å². The Hall–Kier alpha value is -2.15. The van der Waals surface area contributed by atoms with Crippen molar-refractivity contribution in [1.29, 1.82) is 0 Å². The van der Waals surface area contributed by atoms with Gasteiger partial charge in [0.05, 0.1) is 6.54 Å². The minimum atomic E-state index is -0.472. The van der Waals surface area contributed by atoms with E-state index in [2.05, 4.69) is 25.9 Å². The number of nitrogens with one attached hydrogen (secondary N) is 1. The highest BCUT2D eigenvalue weighted by molar-refractivity contribution is 9.10. The van der Waals surface area contributed by atoms with E-state index in [1.807, 2.05) is 31.2 Å². The number of H-pyrrole nitrogens is 1. The van der Waals surface area contributed by atoms with Crippen LogP contribution in [0.15, 0.2) is 38.6 Å². The third kappa shape index (κ3) is 2.33. The number of halogens is 1. The highest BCUT2D eigenvalue weighted by atomic mass is 79.9. The van der Waals surface area contributed by atoms with Crippen molar-refractivity contribution >= 4 is 27.1 Å². The van der Waals surface area contributed by atoms with Crippen LogP contribution in [0.2, 0.25) is 0 Å². The molecule has 1 N–H and O–H groups in total. The quantitative estimate of drug-likeness (QED) is 0.714. The van der Waals surface area contributed by atoms with Crippen LogP contribution < -0.4 is 11.2 Å². The summed E-state index contributed by atoms with van der Waals surface area (Å²) < 4.78 is 3.59. The van der Waals surface area contributed by atoms with Crippen molar-refractivity contribution in [2.75, 3.05) is 0 Å². The number of imidazole rings is 1. The molecule has 3 rings (SSSR count). The Labute approximate surface area is 128 Å². The van der Waals surface area contributed by atoms with Crippen LogP contribution in [-0.2, 0) is 13.6 Å². The maximum absolute atomic E-state index is 12.1. The molecule has 0 aliphatic carbocycles. The molecule has 0 unspecified atom stereocenters. The van der Waals surface area contributed by atoms with Crippen LogP contribution in [-0.4, -0.2) is 19.1 Å². The van der Waals surface area contributed by atoms with Gasteiger partial charge < -0.3 is 4.57 Å². The number of aromatic amines is 1. The molecule has 21 heavy (non-hydrogen) atoms. The van der Waals surface area contributed by atoms with Crippen LogP contribution in [0.4, 0.5) is 0 Å². The van der Waals surface area contributed by atoms with Crippen molar-refractivity contribution in [2.45, 2.75) is 13.5 Å². The Balaban J connectivity index is 2.21. The van der Waals surface area contributed by atoms with E-state index in [0.717, 1.165) is 5.56 Å². The van der Waals surface area contributed by atoms with E-state index in [4.69, 9.17) is 0 Å². The molecule has 1 aromatic carbocycles. The second-order valence-corrected chi connectivity index (χ2v) is 5.65. The summed E-state index contributed by atoms with van der Waals surface area (Å²) in [5, 5.41) is 0. The molecule has 108 valence electrons. The van der Waals surface area contributed by atoms with E-state index in [0.29, 0.717) is 22.4 Å². The Morgan fingerprint density at radius 2 is 1.90 bits per heavy atom. The highest BCUT2D eigenvalue weighted by Crippen LogP contribution is 2.18. The van der Waals surface area contributed by atoms with Gasteiger partial charge in [-0.05, 0) is 28.4 Å². The van der Waals surface area contributed by atoms with Crippen LogP contribution in [0, 0.1) is 6.92 Å². The minimum absolute atomic E-state index is 0.364. The summed E-state index contributed by atoms with van der Waals surface area (Å²) in [4.78, 5) is 30.3. The van der Waals surface area contributed by atoms with Crippen molar-refractivity contribution in [1.82, 2.24) is 19.1 Å². The third-order valence-electron chi connectivity index (χ3n) is 3.42. The molecule has 3 aromatic rings. The molecular formula is C14H13BrN4O2. The molecule has 0 aliphatic rings. The zero-order valence-electron chi connectivity index (χ0n) is 11.6. The standard InChI is InChI=1S/C14H13BrN4O2/c1-8-3-5-9(6-4-8)7-19-10-11(16-13(19)15)18(2)14(21)17-12(10)20/h3-6H,7H2,1-2H3,(H,17,20,21). The SMILES string of the molecule is Cc1ccc(Cn2c(Br)nc3c2c(=O)[nH]c(=O)n3C)cc1. The van der Waals surface area contributed by atoms with E-state index in [-0.39, 0.29) is 0 Å². The lowest BCUT2D eigenvalue weighted by atomic mass is 10.1. The van der Waals surface area contributed by atoms with Crippen LogP contribution in [0.3, 0.4) is 0 Å². The summed E-state index contributed by atoms with van der Waals surface area (Å²) in [5.74, 6) is 0. The molecule has 0 saturated carbocycles. The van der Waals surface area contributed by atoms with Gasteiger partial charge in [0.25, 0.3) is 5.56 Å². The summed E-state index contributed by atoms with van der Waals surface area (Å²) in [6, 6.07) is 8.04. The molecule has 0 amide bonds. The molecule has 0 aliphatic heterocycles. The molecule has 6 nitrogen and oxygen atoms in total. The fourth-order valence-electron chi connectivity index (χ4n) is 2.23. The van der Waals surface area contributed by atoms with Crippen LogP contribution in [0.25, 0.3) is 11.2 Å². The maximum Gasteiger partial charge on any atom is 0.329 e. The van der Waals surface area contributed by atoms with Crippen LogP contribution in [0.1, 0.15) is 11.1 Å². The zero-order chi connectivity index (χ0) is 15.1. The maximum atomic E-state index is 12.1. The molecule has 0 atom stereocenters. The van der Waals surface area contributed by atoms with E-state index in [1.165, 1.54) is 10.1 Å². The second-order valence-electron chi connectivity index (χ2n) is 4.94. The van der Waals surface area contributed by atoms with Crippen molar-refractivity contribution < 1.29 is 0 Å². The van der Waals surface area contributed by atoms with Crippen LogP contribution >= 0.6 is 15.9 Å². The first-order valence-corrected chi connectivity index (χ1v) is 7.17. The van der Waals surface area contributed by atoms with Gasteiger partial charge in [0.1, 0.15) is 0 Å². The van der Waals surface area contributed by atoms with Crippen LogP contribution in [0.5, 0.6) is 0 Å². The van der Waals surface area contributed by atoms with Crippen molar-refractivity contribution in [3.05, 3.63) is 61.0 Å². The van der Waals surface area contributed by atoms with E-state index in [1.54, 1.807) is 11.6 Å². The highest BCUT2D eigenvalue weighted by Gasteiger charge is 2.15. The number of hydrogen-bond acceptors (Lipinski definition) is 3. The molecule has 2 aromatic heterocycles. The first-order valence-electron chi connectivity index (χ1n) is 6.38. The summed E-state index contributed by atoms with van der Waals surface area (Å²) in [5.41, 5.74) is 2.06. The van der Waals surface area contributed by atoms with Gasteiger partial charge in [-0.2, -0.15) is 0 Å². The van der Waals surface area contributed by atoms with Crippen molar-refractivity contribution in [3.63, 3.8) is 0 Å². The van der Waals surface area contributed by atoms with Gasteiger partial charge in [0, 0.05) is 7.05 Å². The number of fused-ring (bicyclic) bond motifs is 1. The molecule has 0 saturated heterocycles. The van der Waals surface area contributed by atoms with Gasteiger partial charge in [0.15, 0.2) is 15.9 Å². The number of aryl methyl sites for hydroxylation is 2. The zero-order valence-corrected chi connectivity index (χ0v) is 13.1. The summed E-state index contributed by atoms with van der Waals surface area (Å²) in [6.45, 7) is 2.52. The Morgan fingerprint density at radius 3 is 2.57 bits per heavy atom. The minimum Gasteiger partial charge on any atom is -0.308 e. The number of nitrogens with zero attached hydrogens (tertiary/aromatic N) is 3. The van der Waals surface area contributed by atoms with Gasteiger partial charge in [-0.3, -0.25) is 14.3 Å². The Kier molecular flexibility index (Phi) is 3.29. The number of aromatic nitrogens is 4. The second kappa shape index (κ2) is 5.00. The lowest BCUT2D eigenvalue weighted by Crippen LogP contribution is -2.29. The average molecular weight is 349 g/mol. The Bertz CT molecular complexity index is 934. The monoisotopic (exact) mass is 348 g/mol. The van der Waals surface area contributed by atoms with Gasteiger partial charge in [0.2, 0.25) is 0 Å². The fourth-order valence-corrected chi connectivity index (χ4v) is 2.70. The van der Waals surface area contributed by atoms with E-state index in [9.17, 15) is 9.59 Å². The normalized spacial score (nSPS) is 11.2. The van der Waals surface area contributed by atoms with Gasteiger partial charge in [-0.1, -0.05) is 29.8 Å². The first kappa shape index (κ1) is 13.8. The van der Waals surface area contributed by atoms with E-state index >= 15 is 0 Å². The lowest BCUT2D eigenvalue weighted by molar-refractivity contribution is 0.791. The summed E-state index contributed by atoms with van der Waals surface area (Å²) >= 11 is 3.36. The lowest BCUT2D eigenvalue weighted by Gasteiger charge is -2.06. The molecule has 0 fully saturated rings. The topological polar surface area (TPSA) is 72.7 Å². The molecule has 0 spiro atoms. The largest absolute Gasteiger partial charge is 0.329 e. The predicted molar refractivity (Wildman–Crippen MR) is 83.6 cm³/mol. The Morgan fingerprint density at radius 1 is 1.24 bits per heavy atom. The molecule has 0 radical (unpaired) electrons. The molecular weight excluding hydrogens is 336 g/mol. The first-order chi connectivity index (χ1) is 9.97. The molecule has 7 heteroatoms. The van der Waals surface area contributed by atoms with Gasteiger partial charge in [-0.15, -0.1) is 0 Å². The molecule has 0 bridgehead atoms. The van der Waals surface area contributed by atoms with E-state index < -0.39 is 11.2 Å².